The Morgan fingerprint density at radius 2 is 1.79 bits per heavy atom. The maximum atomic E-state index is 12.8. The molecule has 1 heterocycles. The highest BCUT2D eigenvalue weighted by Gasteiger charge is 2.21. The summed E-state index contributed by atoms with van der Waals surface area (Å²) in [5.41, 5.74) is 2.87. The molecule has 1 atom stereocenters. The Balaban J connectivity index is 1.47. The number of hydrogen-bond donors (Lipinski definition) is 1. The van der Waals surface area contributed by atoms with E-state index in [1.807, 2.05) is 31.2 Å². The van der Waals surface area contributed by atoms with Crippen LogP contribution in [0, 0.1) is 6.92 Å². The largest absolute Gasteiger partial charge is 0.497 e. The van der Waals surface area contributed by atoms with E-state index in [9.17, 15) is 9.00 Å². The van der Waals surface area contributed by atoms with E-state index in [0.29, 0.717) is 12.6 Å². The zero-order chi connectivity index (χ0) is 24.0. The summed E-state index contributed by atoms with van der Waals surface area (Å²) in [4.78, 5) is 17.9. The highest BCUT2D eigenvalue weighted by Crippen LogP contribution is 2.24. The van der Waals surface area contributed by atoms with Gasteiger partial charge >= 0.3 is 0 Å². The van der Waals surface area contributed by atoms with Crippen LogP contribution in [0.4, 0.5) is 11.4 Å². The third-order valence-corrected chi connectivity index (χ3v) is 7.80. The van der Waals surface area contributed by atoms with Crippen molar-refractivity contribution in [2.24, 2.45) is 0 Å². The van der Waals surface area contributed by atoms with Crippen molar-refractivity contribution >= 4 is 28.3 Å². The highest BCUT2D eigenvalue weighted by atomic mass is 32.2. The van der Waals surface area contributed by atoms with Gasteiger partial charge in [0.15, 0.2) is 0 Å². The van der Waals surface area contributed by atoms with E-state index in [2.05, 4.69) is 41.3 Å². The fourth-order valence-electron chi connectivity index (χ4n) is 4.07. The summed E-state index contributed by atoms with van der Waals surface area (Å²) >= 11 is 0. The van der Waals surface area contributed by atoms with Crippen molar-refractivity contribution in [3.63, 3.8) is 0 Å². The molecule has 1 N–H and O–H groups in total. The van der Waals surface area contributed by atoms with Gasteiger partial charge in [-0.2, -0.15) is 0 Å². The van der Waals surface area contributed by atoms with E-state index in [0.717, 1.165) is 47.8 Å². The SMILES string of the molecule is COc1ccc(S(=O)N(C)CCC(=O)Nc2ccc(N3CCC(N(C)C)CC3)cc2)c(C)c1. The minimum absolute atomic E-state index is 0.0927. The summed E-state index contributed by atoms with van der Waals surface area (Å²) in [6.45, 7) is 4.39. The summed E-state index contributed by atoms with van der Waals surface area (Å²) in [7, 11) is 6.33. The van der Waals surface area contributed by atoms with Gasteiger partial charge in [-0.3, -0.25) is 4.79 Å². The first-order valence-electron chi connectivity index (χ1n) is 11.4. The zero-order valence-electron chi connectivity index (χ0n) is 20.3. The number of hydrogen-bond acceptors (Lipinski definition) is 5. The molecular weight excluding hydrogens is 436 g/mol. The summed E-state index contributed by atoms with van der Waals surface area (Å²) in [5, 5.41) is 2.95. The lowest BCUT2D eigenvalue weighted by atomic mass is 10.0. The van der Waals surface area contributed by atoms with Crippen molar-refractivity contribution in [1.82, 2.24) is 9.21 Å². The van der Waals surface area contributed by atoms with Crippen molar-refractivity contribution in [1.29, 1.82) is 0 Å². The Morgan fingerprint density at radius 3 is 2.36 bits per heavy atom. The second kappa shape index (κ2) is 11.6. The molecule has 2 aromatic rings. The Labute approximate surface area is 200 Å². The number of carbonyl (C=O) groups is 1. The number of amides is 1. The van der Waals surface area contributed by atoms with Crippen LogP contribution in [-0.4, -0.2) is 73.3 Å². The second-order valence-electron chi connectivity index (χ2n) is 8.76. The molecule has 0 spiro atoms. The van der Waals surface area contributed by atoms with Crippen LogP contribution in [0.15, 0.2) is 47.4 Å². The first-order valence-corrected chi connectivity index (χ1v) is 12.5. The quantitative estimate of drug-likeness (QED) is 0.605. The summed E-state index contributed by atoms with van der Waals surface area (Å²) in [6, 6.07) is 14.2. The molecule has 3 rings (SSSR count). The molecule has 180 valence electrons. The molecule has 0 bridgehead atoms. The lowest BCUT2D eigenvalue weighted by Gasteiger charge is -2.36. The number of benzene rings is 2. The molecule has 1 amide bonds. The van der Waals surface area contributed by atoms with Gasteiger partial charge in [-0.1, -0.05) is 0 Å². The fraction of sp³-hybridized carbons (Fsp3) is 0.480. The normalized spacial score (nSPS) is 15.7. The predicted molar refractivity (Wildman–Crippen MR) is 135 cm³/mol. The average Bonchev–Trinajstić information content (AvgIpc) is 2.82. The molecule has 2 aromatic carbocycles. The molecule has 8 heteroatoms. The van der Waals surface area contributed by atoms with Crippen molar-refractivity contribution in [2.75, 3.05) is 58.1 Å². The number of anilines is 2. The Bertz CT molecular complexity index is 957. The maximum Gasteiger partial charge on any atom is 0.225 e. The summed E-state index contributed by atoms with van der Waals surface area (Å²) in [6.07, 6.45) is 2.59. The van der Waals surface area contributed by atoms with E-state index < -0.39 is 11.0 Å². The zero-order valence-corrected chi connectivity index (χ0v) is 21.2. The van der Waals surface area contributed by atoms with E-state index >= 15 is 0 Å². The Hall–Kier alpha value is -2.42. The molecule has 0 aliphatic carbocycles. The average molecular weight is 473 g/mol. The molecule has 33 heavy (non-hydrogen) atoms. The van der Waals surface area contributed by atoms with Gasteiger partial charge in [-0.05, 0) is 81.9 Å². The molecular formula is C25H36N4O3S. The van der Waals surface area contributed by atoms with E-state index in [4.69, 9.17) is 4.74 Å². The molecule has 0 radical (unpaired) electrons. The molecule has 1 aliphatic heterocycles. The van der Waals surface area contributed by atoms with Gasteiger partial charge in [0.25, 0.3) is 0 Å². The van der Waals surface area contributed by atoms with Crippen LogP contribution in [0.1, 0.15) is 24.8 Å². The van der Waals surface area contributed by atoms with Crippen LogP contribution in [-0.2, 0) is 15.8 Å². The fourth-order valence-corrected chi connectivity index (χ4v) is 5.19. The van der Waals surface area contributed by atoms with Gasteiger partial charge < -0.3 is 19.9 Å². The molecule has 1 fully saturated rings. The van der Waals surface area contributed by atoms with Crippen LogP contribution >= 0.6 is 0 Å². The number of aryl methyl sites for hydroxylation is 1. The number of nitrogens with one attached hydrogen (secondary N) is 1. The Kier molecular flexibility index (Phi) is 8.88. The van der Waals surface area contributed by atoms with Crippen LogP contribution < -0.4 is 15.0 Å². The number of methoxy groups -OCH3 is 1. The van der Waals surface area contributed by atoms with E-state index in [1.54, 1.807) is 24.5 Å². The van der Waals surface area contributed by atoms with Gasteiger partial charge in [0, 0.05) is 50.5 Å². The summed E-state index contributed by atoms with van der Waals surface area (Å²) < 4.78 is 19.7. The second-order valence-corrected chi connectivity index (χ2v) is 10.3. The number of ether oxygens (including phenoxy) is 1. The van der Waals surface area contributed by atoms with E-state index in [1.165, 1.54) is 5.69 Å². The summed E-state index contributed by atoms with van der Waals surface area (Å²) in [5.74, 6) is 0.643. The first kappa shape index (κ1) is 25.2. The maximum absolute atomic E-state index is 12.8. The number of rotatable bonds is 9. The van der Waals surface area contributed by atoms with Crippen LogP contribution in [0.2, 0.25) is 0 Å². The lowest BCUT2D eigenvalue weighted by Crippen LogP contribution is -2.41. The van der Waals surface area contributed by atoms with Crippen molar-refractivity contribution in [3.05, 3.63) is 48.0 Å². The number of carbonyl (C=O) groups excluding carboxylic acids is 1. The third kappa shape index (κ3) is 6.79. The molecule has 0 saturated carbocycles. The van der Waals surface area contributed by atoms with Crippen molar-refractivity contribution < 1.29 is 13.7 Å². The van der Waals surface area contributed by atoms with Gasteiger partial charge in [-0.15, -0.1) is 0 Å². The topological polar surface area (TPSA) is 65.1 Å². The van der Waals surface area contributed by atoms with Crippen LogP contribution in [0.5, 0.6) is 5.75 Å². The standard InChI is InChI=1S/C25H36N4O3S/c1-19-18-23(32-5)10-11-24(19)33(31)28(4)15-14-25(30)26-20-6-8-22(9-7-20)29-16-12-21(13-17-29)27(2)3/h6-11,18,21H,12-17H2,1-5H3,(H,26,30). The Morgan fingerprint density at radius 1 is 1.12 bits per heavy atom. The minimum Gasteiger partial charge on any atom is -0.497 e. The highest BCUT2D eigenvalue weighted by molar-refractivity contribution is 7.82. The minimum atomic E-state index is -1.34. The van der Waals surface area contributed by atoms with Gasteiger partial charge in [0.1, 0.15) is 16.7 Å². The van der Waals surface area contributed by atoms with Crippen LogP contribution in [0.3, 0.4) is 0 Å². The predicted octanol–water partition coefficient (Wildman–Crippen LogP) is 3.52. The number of piperidine rings is 1. The molecule has 1 aliphatic rings. The number of nitrogens with zero attached hydrogens (tertiary/aromatic N) is 3. The van der Waals surface area contributed by atoms with Crippen molar-refractivity contribution in [2.45, 2.75) is 37.1 Å². The lowest BCUT2D eigenvalue weighted by molar-refractivity contribution is -0.116. The smallest absolute Gasteiger partial charge is 0.225 e. The molecule has 1 saturated heterocycles. The molecule has 1 unspecified atom stereocenters. The molecule has 0 aromatic heterocycles. The third-order valence-electron chi connectivity index (χ3n) is 6.22. The van der Waals surface area contributed by atoms with Gasteiger partial charge in [0.05, 0.1) is 12.0 Å². The monoisotopic (exact) mass is 472 g/mol. The molecule has 7 nitrogen and oxygen atoms in total. The van der Waals surface area contributed by atoms with E-state index in [-0.39, 0.29) is 12.3 Å². The van der Waals surface area contributed by atoms with Crippen molar-refractivity contribution in [3.8, 4) is 5.75 Å². The first-order chi connectivity index (χ1) is 15.8. The van der Waals surface area contributed by atoms with Crippen LogP contribution in [0.25, 0.3) is 0 Å². The van der Waals surface area contributed by atoms with Gasteiger partial charge in [-0.25, -0.2) is 8.51 Å². The van der Waals surface area contributed by atoms with Gasteiger partial charge in [0.2, 0.25) is 5.91 Å².